The van der Waals surface area contributed by atoms with Gasteiger partial charge in [0.1, 0.15) is 13.2 Å². The number of hydrogen-bond acceptors (Lipinski definition) is 9. The summed E-state index contributed by atoms with van der Waals surface area (Å²) in [6.45, 7) is 1.34. The first-order chi connectivity index (χ1) is 16.7. The molecule has 3 rings (SSSR count). The maximum Gasteiger partial charge on any atom is 0.326 e. The summed E-state index contributed by atoms with van der Waals surface area (Å²) in [5.74, 6) is -1.11. The molecule has 1 atom stereocenters. The number of allylic oxidation sites excluding steroid dienone is 2. The molecule has 2 fully saturated rings. The lowest BCUT2D eigenvalue weighted by Crippen LogP contribution is -2.35. The number of esters is 1. The van der Waals surface area contributed by atoms with E-state index >= 15 is 0 Å². The van der Waals surface area contributed by atoms with Gasteiger partial charge in [-0.15, -0.1) is 11.8 Å². The number of aliphatic carboxylic acids is 1. The molecular weight excluding hydrogens is 506 g/mol. The summed E-state index contributed by atoms with van der Waals surface area (Å²) in [5.41, 5.74) is 2.11. The lowest BCUT2D eigenvalue weighted by atomic mass is 10.0. The first kappa shape index (κ1) is 27.1. The highest BCUT2D eigenvalue weighted by Gasteiger charge is 2.32. The molecule has 1 aromatic carbocycles. The molecule has 0 spiro atoms. The van der Waals surface area contributed by atoms with Gasteiger partial charge in [-0.25, -0.2) is 0 Å². The molecule has 0 saturated carbocycles. The van der Waals surface area contributed by atoms with E-state index in [1.54, 1.807) is 30.0 Å². The third kappa shape index (κ3) is 7.02. The zero-order valence-electron chi connectivity index (χ0n) is 19.7. The highest BCUT2D eigenvalue weighted by molar-refractivity contribution is 8.03. The standard InChI is InChI=1S/C24H29N3O5S3/c1-25(18-6-3-16(4-7-18)19(15-33)24(30)31)9-11-32-22(28)14-27-20(34)13-17(23(27)29)5-8-21-26(2)10-12-35-21/h3-8,19,33H,9-15H2,1-2H3,(H,30,31)/b17-5+,21-8-. The number of hydrogen-bond donors (Lipinski definition) is 2. The number of ether oxygens (including phenoxy) is 1. The minimum absolute atomic E-state index is 0.138. The summed E-state index contributed by atoms with van der Waals surface area (Å²) in [5, 5.41) is 10.4. The van der Waals surface area contributed by atoms with Gasteiger partial charge in [0, 0.05) is 49.8 Å². The maximum atomic E-state index is 12.7. The van der Waals surface area contributed by atoms with E-state index in [0.717, 1.165) is 23.0 Å². The number of benzene rings is 1. The number of thiocarbonyl (C=S) groups is 1. The van der Waals surface area contributed by atoms with Crippen molar-refractivity contribution in [2.24, 2.45) is 0 Å². The molecule has 8 nitrogen and oxygen atoms in total. The number of likely N-dealkylation sites (N-methyl/N-ethyl adjacent to an activating group) is 1. The molecule has 2 aliphatic heterocycles. The summed E-state index contributed by atoms with van der Waals surface area (Å²) in [7, 11) is 3.86. The van der Waals surface area contributed by atoms with E-state index in [9.17, 15) is 19.5 Å². The van der Waals surface area contributed by atoms with Gasteiger partial charge in [-0.1, -0.05) is 30.4 Å². The van der Waals surface area contributed by atoms with Crippen LogP contribution in [0, 0.1) is 0 Å². The highest BCUT2D eigenvalue weighted by Crippen LogP contribution is 2.27. The number of carbonyl (C=O) groups is 3. The number of thiol groups is 1. The molecule has 0 aromatic heterocycles. The van der Waals surface area contributed by atoms with Crippen LogP contribution in [0.15, 0.2) is 47.0 Å². The van der Waals surface area contributed by atoms with E-state index in [2.05, 4.69) is 17.5 Å². The van der Waals surface area contributed by atoms with Crippen LogP contribution in [0.2, 0.25) is 0 Å². The van der Waals surface area contributed by atoms with Gasteiger partial charge in [0.15, 0.2) is 0 Å². The van der Waals surface area contributed by atoms with Crippen LogP contribution < -0.4 is 4.90 Å². The molecule has 1 unspecified atom stereocenters. The number of nitrogens with zero attached hydrogens (tertiary/aromatic N) is 3. The van der Waals surface area contributed by atoms with E-state index in [-0.39, 0.29) is 24.8 Å². The SMILES string of the molecule is CN1CCS/C1=C\C=C1/CC(=S)N(CC(=O)OCCN(C)c2ccc(C(CS)C(=O)O)cc2)C1=O. The summed E-state index contributed by atoms with van der Waals surface area (Å²) in [6, 6.07) is 7.17. The van der Waals surface area contributed by atoms with Crippen molar-refractivity contribution >= 4 is 65.1 Å². The van der Waals surface area contributed by atoms with Crippen LogP contribution in [0.25, 0.3) is 0 Å². The average Bonchev–Trinajstić information content (AvgIpc) is 3.35. The topological polar surface area (TPSA) is 90.4 Å². The molecule has 0 bridgehead atoms. The van der Waals surface area contributed by atoms with Crippen LogP contribution in [-0.2, 0) is 19.1 Å². The Balaban J connectivity index is 1.47. The van der Waals surface area contributed by atoms with Crippen LogP contribution in [0.5, 0.6) is 0 Å². The van der Waals surface area contributed by atoms with Crippen molar-refractivity contribution < 1.29 is 24.2 Å². The molecule has 2 heterocycles. The Bertz CT molecular complexity index is 1040. The van der Waals surface area contributed by atoms with E-state index in [4.69, 9.17) is 17.0 Å². The van der Waals surface area contributed by atoms with E-state index in [1.165, 1.54) is 4.90 Å². The fourth-order valence-electron chi connectivity index (χ4n) is 3.65. The predicted molar refractivity (Wildman–Crippen MR) is 145 cm³/mol. The molecule has 0 radical (unpaired) electrons. The van der Waals surface area contributed by atoms with Gasteiger partial charge in [0.2, 0.25) is 0 Å². The summed E-state index contributed by atoms with van der Waals surface area (Å²) in [6.07, 6.45) is 4.06. The van der Waals surface area contributed by atoms with Gasteiger partial charge in [-0.05, 0) is 23.8 Å². The second-order valence-electron chi connectivity index (χ2n) is 8.24. The van der Waals surface area contributed by atoms with Gasteiger partial charge in [-0.3, -0.25) is 19.3 Å². The Morgan fingerprint density at radius 1 is 1.31 bits per heavy atom. The molecule has 2 aliphatic rings. The third-order valence-electron chi connectivity index (χ3n) is 5.84. The molecule has 0 aliphatic carbocycles. The number of likely N-dealkylation sites (tertiary alicyclic amines) is 1. The first-order valence-corrected chi connectivity index (χ1v) is 13.1. The summed E-state index contributed by atoms with van der Waals surface area (Å²) in [4.78, 5) is 42.1. The molecule has 188 valence electrons. The Morgan fingerprint density at radius 3 is 2.63 bits per heavy atom. The van der Waals surface area contributed by atoms with Gasteiger partial charge in [0.05, 0.1) is 22.5 Å². The Labute approximate surface area is 220 Å². The molecule has 1 amide bonds. The molecule has 1 N–H and O–H groups in total. The fraction of sp³-hybridized carbons (Fsp3) is 0.417. The zero-order valence-corrected chi connectivity index (χ0v) is 22.2. The predicted octanol–water partition coefficient (Wildman–Crippen LogP) is 2.77. The normalized spacial score (nSPS) is 19.1. The van der Waals surface area contributed by atoms with Crippen molar-refractivity contribution in [3.05, 3.63) is 52.6 Å². The van der Waals surface area contributed by atoms with Gasteiger partial charge >= 0.3 is 11.9 Å². The minimum Gasteiger partial charge on any atom is -0.481 e. The lowest BCUT2D eigenvalue weighted by Gasteiger charge is -2.21. The van der Waals surface area contributed by atoms with Crippen LogP contribution in [0.3, 0.4) is 0 Å². The molecular formula is C24H29N3O5S3. The van der Waals surface area contributed by atoms with E-state index in [0.29, 0.717) is 29.1 Å². The highest BCUT2D eigenvalue weighted by atomic mass is 32.2. The van der Waals surface area contributed by atoms with Crippen LogP contribution in [0.4, 0.5) is 5.69 Å². The zero-order chi connectivity index (χ0) is 25.5. The number of rotatable bonds is 10. The second-order valence-corrected chi connectivity index (χ2v) is 10.2. The van der Waals surface area contributed by atoms with Crippen LogP contribution in [-0.4, -0.2) is 89.6 Å². The molecule has 2 saturated heterocycles. The molecule has 11 heteroatoms. The average molecular weight is 536 g/mol. The third-order valence-corrected chi connectivity index (χ3v) is 7.70. The van der Waals surface area contributed by atoms with Crippen LogP contribution in [0.1, 0.15) is 17.9 Å². The van der Waals surface area contributed by atoms with E-state index < -0.39 is 17.9 Å². The number of anilines is 1. The number of carbonyl (C=O) groups excluding carboxylic acids is 2. The molecule has 35 heavy (non-hydrogen) atoms. The minimum atomic E-state index is -0.913. The lowest BCUT2D eigenvalue weighted by molar-refractivity contribution is -0.145. The first-order valence-electron chi connectivity index (χ1n) is 11.1. The fourth-order valence-corrected chi connectivity index (χ4v) is 5.37. The Kier molecular flexibility index (Phi) is 9.64. The van der Waals surface area contributed by atoms with Crippen LogP contribution >= 0.6 is 36.6 Å². The largest absolute Gasteiger partial charge is 0.481 e. The smallest absolute Gasteiger partial charge is 0.326 e. The van der Waals surface area contributed by atoms with Gasteiger partial charge < -0.3 is 19.6 Å². The second kappa shape index (κ2) is 12.5. The quantitative estimate of drug-likeness (QED) is 0.203. The number of carboxylic acids is 1. The number of carboxylic acid groups (broad SMARTS) is 1. The monoisotopic (exact) mass is 535 g/mol. The van der Waals surface area contributed by atoms with Gasteiger partial charge in [0.25, 0.3) is 5.91 Å². The molecule has 1 aromatic rings. The number of amides is 1. The van der Waals surface area contributed by atoms with E-state index in [1.807, 2.05) is 37.2 Å². The van der Waals surface area contributed by atoms with Crippen molar-refractivity contribution in [3.8, 4) is 0 Å². The number of thioether (sulfide) groups is 1. The summed E-state index contributed by atoms with van der Waals surface area (Å²) < 4.78 is 5.33. The van der Waals surface area contributed by atoms with Crippen molar-refractivity contribution in [3.63, 3.8) is 0 Å². The Hall–Kier alpha value is -2.50. The maximum absolute atomic E-state index is 12.7. The van der Waals surface area contributed by atoms with Crippen molar-refractivity contribution in [1.82, 2.24) is 9.80 Å². The van der Waals surface area contributed by atoms with Crippen molar-refractivity contribution in [1.29, 1.82) is 0 Å². The van der Waals surface area contributed by atoms with Crippen molar-refractivity contribution in [2.45, 2.75) is 12.3 Å². The summed E-state index contributed by atoms with van der Waals surface area (Å²) >= 11 is 11.2. The van der Waals surface area contributed by atoms with Crippen molar-refractivity contribution in [2.75, 3.05) is 56.7 Å². The van der Waals surface area contributed by atoms with Gasteiger partial charge in [-0.2, -0.15) is 12.6 Å². The Morgan fingerprint density at radius 2 is 2.03 bits per heavy atom.